The highest BCUT2D eigenvalue weighted by molar-refractivity contribution is 5.54. The van der Waals surface area contributed by atoms with Crippen molar-refractivity contribution in [1.29, 1.82) is 0 Å². The van der Waals surface area contributed by atoms with Gasteiger partial charge in [0.2, 0.25) is 0 Å². The Hall–Kier alpha value is -1.38. The van der Waals surface area contributed by atoms with Gasteiger partial charge in [-0.2, -0.15) is 0 Å². The van der Waals surface area contributed by atoms with Crippen molar-refractivity contribution >= 4 is 5.69 Å². The molecule has 0 heterocycles. The van der Waals surface area contributed by atoms with Crippen molar-refractivity contribution < 1.29 is 4.74 Å². The smallest absolute Gasteiger partial charge is 0.150 e. The van der Waals surface area contributed by atoms with E-state index in [-0.39, 0.29) is 5.41 Å². The minimum atomic E-state index is 0.0196. The van der Waals surface area contributed by atoms with E-state index in [1.165, 1.54) is 7.11 Å². The molecule has 0 spiro atoms. The molecule has 1 aromatic carbocycles. The van der Waals surface area contributed by atoms with Crippen molar-refractivity contribution in [2.24, 2.45) is 5.18 Å². The number of methoxy groups -OCH3 is 1. The van der Waals surface area contributed by atoms with Crippen LogP contribution in [0.15, 0.2) is 23.4 Å². The molecule has 0 atom stereocenters. The molecule has 0 unspecified atom stereocenters. The van der Waals surface area contributed by atoms with Crippen LogP contribution in [0, 0.1) is 4.91 Å². The lowest BCUT2D eigenvalue weighted by molar-refractivity contribution is 0.415. The summed E-state index contributed by atoms with van der Waals surface area (Å²) in [5.41, 5.74) is 1.46. The van der Waals surface area contributed by atoms with Gasteiger partial charge in [-0.05, 0) is 28.3 Å². The quantitative estimate of drug-likeness (QED) is 0.675. The third-order valence-electron chi connectivity index (χ3n) is 2.14. The van der Waals surface area contributed by atoms with Crippen LogP contribution in [0.25, 0.3) is 0 Å². The molecule has 0 saturated carbocycles. The van der Waals surface area contributed by atoms with Crippen LogP contribution in [-0.4, -0.2) is 7.11 Å². The van der Waals surface area contributed by atoms with E-state index in [1.54, 1.807) is 12.1 Å². The SMILES string of the molecule is COc1ccc(C(C)(C)C)cc1N=O. The molecule has 3 heteroatoms. The van der Waals surface area contributed by atoms with E-state index in [0.29, 0.717) is 11.4 Å². The summed E-state index contributed by atoms with van der Waals surface area (Å²) in [4.78, 5) is 10.5. The minimum Gasteiger partial charge on any atom is -0.494 e. The summed E-state index contributed by atoms with van der Waals surface area (Å²) in [5, 5.41) is 2.94. The first-order chi connectivity index (χ1) is 6.49. The lowest BCUT2D eigenvalue weighted by Gasteiger charge is -2.19. The summed E-state index contributed by atoms with van der Waals surface area (Å²) in [5.74, 6) is 0.521. The second-order valence-electron chi connectivity index (χ2n) is 4.23. The van der Waals surface area contributed by atoms with Gasteiger partial charge in [0.15, 0.2) is 0 Å². The van der Waals surface area contributed by atoms with E-state index in [2.05, 4.69) is 25.9 Å². The molecule has 14 heavy (non-hydrogen) atoms. The van der Waals surface area contributed by atoms with Gasteiger partial charge >= 0.3 is 0 Å². The van der Waals surface area contributed by atoms with Gasteiger partial charge in [0.05, 0.1) is 7.11 Å². The lowest BCUT2D eigenvalue weighted by atomic mass is 9.87. The van der Waals surface area contributed by atoms with Crippen LogP contribution in [0.1, 0.15) is 26.3 Å². The molecular formula is C11H15NO2. The summed E-state index contributed by atoms with van der Waals surface area (Å²) < 4.78 is 5.01. The highest BCUT2D eigenvalue weighted by Crippen LogP contribution is 2.32. The van der Waals surface area contributed by atoms with Crippen molar-refractivity contribution in [2.45, 2.75) is 26.2 Å². The average Bonchev–Trinajstić information content (AvgIpc) is 2.15. The Balaban J connectivity index is 3.21. The van der Waals surface area contributed by atoms with Crippen LogP contribution in [0.4, 0.5) is 5.69 Å². The van der Waals surface area contributed by atoms with E-state index in [4.69, 9.17) is 4.74 Å². The molecule has 3 nitrogen and oxygen atoms in total. The number of hydrogen-bond acceptors (Lipinski definition) is 3. The molecule has 0 aromatic heterocycles. The lowest BCUT2D eigenvalue weighted by Crippen LogP contribution is -2.10. The first kappa shape index (κ1) is 10.7. The summed E-state index contributed by atoms with van der Waals surface area (Å²) in [6.07, 6.45) is 0. The van der Waals surface area contributed by atoms with Crippen LogP contribution in [0.2, 0.25) is 0 Å². The molecule has 76 valence electrons. The van der Waals surface area contributed by atoms with Gasteiger partial charge in [-0.15, -0.1) is 4.91 Å². The Bertz CT molecular complexity index is 340. The predicted molar refractivity (Wildman–Crippen MR) is 57.1 cm³/mol. The molecule has 0 fully saturated rings. The maximum Gasteiger partial charge on any atom is 0.150 e. The van der Waals surface area contributed by atoms with Gasteiger partial charge in [-0.3, -0.25) is 0 Å². The molecule has 0 aliphatic carbocycles. The van der Waals surface area contributed by atoms with Gasteiger partial charge in [0.1, 0.15) is 11.4 Å². The molecule has 0 saturated heterocycles. The number of nitroso groups, excluding NO2 is 1. The Morgan fingerprint density at radius 2 is 1.93 bits per heavy atom. The van der Waals surface area contributed by atoms with Crippen LogP contribution >= 0.6 is 0 Å². The molecule has 0 N–H and O–H groups in total. The number of benzene rings is 1. The largest absolute Gasteiger partial charge is 0.494 e. The van der Waals surface area contributed by atoms with Crippen LogP contribution < -0.4 is 4.74 Å². The second kappa shape index (κ2) is 3.78. The Kier molecular flexibility index (Phi) is 2.89. The summed E-state index contributed by atoms with van der Waals surface area (Å²) in [6, 6.07) is 5.50. The van der Waals surface area contributed by atoms with Crippen molar-refractivity contribution in [3.63, 3.8) is 0 Å². The summed E-state index contributed by atoms with van der Waals surface area (Å²) in [6.45, 7) is 6.26. The van der Waals surface area contributed by atoms with E-state index >= 15 is 0 Å². The fourth-order valence-corrected chi connectivity index (χ4v) is 1.23. The Morgan fingerprint density at radius 3 is 2.36 bits per heavy atom. The standard InChI is InChI=1S/C11H15NO2/c1-11(2,3)8-5-6-10(14-4)9(7-8)12-13/h5-7H,1-4H3. The molecule has 0 aliphatic heterocycles. The highest BCUT2D eigenvalue weighted by atomic mass is 16.5. The van der Waals surface area contributed by atoms with Gasteiger partial charge in [0, 0.05) is 0 Å². The first-order valence-corrected chi connectivity index (χ1v) is 4.51. The normalized spacial score (nSPS) is 11.1. The molecule has 1 rings (SSSR count). The fourth-order valence-electron chi connectivity index (χ4n) is 1.23. The number of nitrogens with zero attached hydrogens (tertiary/aromatic N) is 1. The Morgan fingerprint density at radius 1 is 1.29 bits per heavy atom. The number of rotatable bonds is 2. The average molecular weight is 193 g/mol. The van der Waals surface area contributed by atoms with Gasteiger partial charge in [0.25, 0.3) is 0 Å². The maximum absolute atomic E-state index is 10.5. The number of ether oxygens (including phenoxy) is 1. The van der Waals surface area contributed by atoms with Crippen molar-refractivity contribution in [3.05, 3.63) is 28.7 Å². The van der Waals surface area contributed by atoms with Gasteiger partial charge in [-0.1, -0.05) is 26.8 Å². The second-order valence-corrected chi connectivity index (χ2v) is 4.23. The minimum absolute atomic E-state index is 0.0196. The first-order valence-electron chi connectivity index (χ1n) is 4.51. The van der Waals surface area contributed by atoms with Crippen LogP contribution in [-0.2, 0) is 5.41 Å². The van der Waals surface area contributed by atoms with Crippen molar-refractivity contribution in [2.75, 3.05) is 7.11 Å². The van der Waals surface area contributed by atoms with E-state index in [0.717, 1.165) is 5.56 Å². The molecule has 0 amide bonds. The molecule has 0 radical (unpaired) electrons. The summed E-state index contributed by atoms with van der Waals surface area (Å²) >= 11 is 0. The fraction of sp³-hybridized carbons (Fsp3) is 0.455. The van der Waals surface area contributed by atoms with Gasteiger partial charge < -0.3 is 4.74 Å². The van der Waals surface area contributed by atoms with E-state index in [9.17, 15) is 4.91 Å². The Labute approximate surface area is 84.1 Å². The predicted octanol–water partition coefficient (Wildman–Crippen LogP) is 3.39. The highest BCUT2D eigenvalue weighted by Gasteiger charge is 2.15. The molecule has 0 aliphatic rings. The zero-order valence-electron chi connectivity index (χ0n) is 9.00. The van der Waals surface area contributed by atoms with Crippen LogP contribution in [0.5, 0.6) is 5.75 Å². The zero-order chi connectivity index (χ0) is 10.8. The monoisotopic (exact) mass is 193 g/mol. The van der Waals surface area contributed by atoms with Crippen LogP contribution in [0.3, 0.4) is 0 Å². The topological polar surface area (TPSA) is 38.7 Å². The summed E-state index contributed by atoms with van der Waals surface area (Å²) in [7, 11) is 1.53. The number of hydrogen-bond donors (Lipinski definition) is 0. The molecular weight excluding hydrogens is 178 g/mol. The third kappa shape index (κ3) is 2.10. The molecule has 1 aromatic rings. The van der Waals surface area contributed by atoms with E-state index in [1.807, 2.05) is 6.07 Å². The van der Waals surface area contributed by atoms with Crippen molar-refractivity contribution in [1.82, 2.24) is 0 Å². The maximum atomic E-state index is 10.5. The van der Waals surface area contributed by atoms with E-state index < -0.39 is 0 Å². The van der Waals surface area contributed by atoms with Gasteiger partial charge in [-0.25, -0.2) is 0 Å². The molecule has 0 bridgehead atoms. The zero-order valence-corrected chi connectivity index (χ0v) is 9.00. The third-order valence-corrected chi connectivity index (χ3v) is 2.14. The van der Waals surface area contributed by atoms with Crippen molar-refractivity contribution in [3.8, 4) is 5.75 Å².